The van der Waals surface area contributed by atoms with Crippen molar-refractivity contribution in [2.75, 3.05) is 27.1 Å². The summed E-state index contributed by atoms with van der Waals surface area (Å²) in [5, 5.41) is 1.70. The minimum atomic E-state index is 0.341. The smallest absolute Gasteiger partial charge is 0.203 e. The largest absolute Gasteiger partial charge is 0.493 e. The fourth-order valence-corrected chi connectivity index (χ4v) is 2.88. The van der Waals surface area contributed by atoms with E-state index in [1.165, 1.54) is 11.3 Å². The van der Waals surface area contributed by atoms with Crippen molar-refractivity contribution in [1.29, 1.82) is 0 Å². The third kappa shape index (κ3) is 2.90. The van der Waals surface area contributed by atoms with Crippen molar-refractivity contribution < 1.29 is 14.2 Å². The van der Waals surface area contributed by atoms with Gasteiger partial charge in [-0.3, -0.25) is 0 Å². The van der Waals surface area contributed by atoms with Crippen LogP contribution in [0.5, 0.6) is 17.2 Å². The molecule has 0 unspecified atom stereocenters. The predicted octanol–water partition coefficient (Wildman–Crippen LogP) is 3.54. The van der Waals surface area contributed by atoms with Gasteiger partial charge < -0.3 is 19.9 Å². The highest BCUT2D eigenvalue weighted by atomic mass is 32.1. The lowest BCUT2D eigenvalue weighted by molar-refractivity contribution is 0.324. The van der Waals surface area contributed by atoms with Crippen molar-refractivity contribution in [1.82, 2.24) is 4.98 Å². The number of benzene rings is 1. The molecule has 0 saturated carbocycles. The van der Waals surface area contributed by atoms with Crippen LogP contribution in [0.15, 0.2) is 12.1 Å². The molecule has 0 aliphatic heterocycles. The number of hydrogen-bond donors (Lipinski definition) is 1. The summed E-state index contributed by atoms with van der Waals surface area (Å²) in [6, 6.07) is 3.72. The zero-order valence-corrected chi connectivity index (χ0v) is 13.7. The molecule has 5 nitrogen and oxygen atoms in total. The van der Waals surface area contributed by atoms with E-state index in [1.54, 1.807) is 21.3 Å². The van der Waals surface area contributed by atoms with E-state index in [-0.39, 0.29) is 0 Å². The standard InChI is InChI=1S/C15H20N2O3S/c1-8(2)15-17-12(14(16)21-15)9-6-10(18-3)13(20-5)11(7-9)19-4/h6-8H,16H2,1-5H3. The number of nitrogen functional groups attached to an aromatic ring is 1. The van der Waals surface area contributed by atoms with E-state index < -0.39 is 0 Å². The van der Waals surface area contributed by atoms with Crippen LogP contribution in [-0.2, 0) is 0 Å². The molecule has 6 heteroatoms. The predicted molar refractivity (Wildman–Crippen MR) is 85.7 cm³/mol. The van der Waals surface area contributed by atoms with E-state index in [0.29, 0.717) is 28.2 Å². The lowest BCUT2D eigenvalue weighted by Gasteiger charge is -2.13. The van der Waals surface area contributed by atoms with E-state index in [2.05, 4.69) is 18.8 Å². The highest BCUT2D eigenvalue weighted by molar-refractivity contribution is 7.16. The van der Waals surface area contributed by atoms with Crippen LogP contribution in [0.3, 0.4) is 0 Å². The summed E-state index contributed by atoms with van der Waals surface area (Å²) in [6.07, 6.45) is 0. The van der Waals surface area contributed by atoms with Crippen LogP contribution in [-0.4, -0.2) is 26.3 Å². The van der Waals surface area contributed by atoms with Crippen LogP contribution in [0.2, 0.25) is 0 Å². The fourth-order valence-electron chi connectivity index (χ4n) is 2.02. The van der Waals surface area contributed by atoms with E-state index in [9.17, 15) is 0 Å². The summed E-state index contributed by atoms with van der Waals surface area (Å²) < 4.78 is 16.1. The number of methoxy groups -OCH3 is 3. The highest BCUT2D eigenvalue weighted by Gasteiger charge is 2.18. The molecule has 0 aliphatic carbocycles. The van der Waals surface area contributed by atoms with Gasteiger partial charge in [-0.1, -0.05) is 13.8 Å². The molecule has 0 fully saturated rings. The number of nitrogens with zero attached hydrogens (tertiary/aromatic N) is 1. The molecule has 1 aromatic heterocycles. The summed E-state index contributed by atoms with van der Waals surface area (Å²) in [4.78, 5) is 4.63. The number of thiazole rings is 1. The molecule has 21 heavy (non-hydrogen) atoms. The van der Waals surface area contributed by atoms with Crippen molar-refractivity contribution in [2.24, 2.45) is 0 Å². The van der Waals surface area contributed by atoms with Gasteiger partial charge in [0.05, 0.1) is 26.3 Å². The summed E-state index contributed by atoms with van der Waals surface area (Å²) in [6.45, 7) is 4.19. The number of hydrogen-bond acceptors (Lipinski definition) is 6. The van der Waals surface area contributed by atoms with Crippen LogP contribution >= 0.6 is 11.3 Å². The third-order valence-corrected chi connectivity index (χ3v) is 4.29. The Kier molecular flexibility index (Phi) is 4.57. The molecule has 2 aromatic rings. The van der Waals surface area contributed by atoms with Crippen molar-refractivity contribution in [3.8, 4) is 28.5 Å². The Morgan fingerprint density at radius 2 is 1.62 bits per heavy atom. The van der Waals surface area contributed by atoms with E-state index in [4.69, 9.17) is 19.9 Å². The molecule has 114 valence electrons. The Labute approximate surface area is 128 Å². The minimum Gasteiger partial charge on any atom is -0.493 e. The Balaban J connectivity index is 2.59. The molecular formula is C15H20N2O3S. The molecule has 0 saturated heterocycles. The molecule has 0 aliphatic rings. The van der Waals surface area contributed by atoms with Gasteiger partial charge in [0.15, 0.2) is 11.5 Å². The third-order valence-electron chi connectivity index (χ3n) is 3.10. The lowest BCUT2D eigenvalue weighted by Crippen LogP contribution is -1.96. The van der Waals surface area contributed by atoms with Crippen LogP contribution in [0.1, 0.15) is 24.8 Å². The number of rotatable bonds is 5. The molecule has 0 radical (unpaired) electrons. The minimum absolute atomic E-state index is 0.341. The summed E-state index contributed by atoms with van der Waals surface area (Å²) in [5.74, 6) is 2.07. The SMILES string of the molecule is COc1cc(-c2nc(C(C)C)sc2N)cc(OC)c1OC. The Morgan fingerprint density at radius 1 is 1.05 bits per heavy atom. The Bertz CT molecular complexity index is 613. The van der Waals surface area contributed by atoms with Gasteiger partial charge in [-0.25, -0.2) is 4.98 Å². The monoisotopic (exact) mass is 308 g/mol. The van der Waals surface area contributed by atoms with Crippen molar-refractivity contribution in [2.45, 2.75) is 19.8 Å². The molecule has 0 atom stereocenters. The van der Waals surface area contributed by atoms with Gasteiger partial charge in [-0.2, -0.15) is 0 Å². The van der Waals surface area contributed by atoms with Gasteiger partial charge in [0, 0.05) is 11.5 Å². The molecule has 0 amide bonds. The lowest BCUT2D eigenvalue weighted by atomic mass is 10.1. The maximum atomic E-state index is 6.11. The first-order chi connectivity index (χ1) is 10.0. The molecule has 2 N–H and O–H groups in total. The maximum Gasteiger partial charge on any atom is 0.203 e. The first-order valence-electron chi connectivity index (χ1n) is 6.58. The number of anilines is 1. The first kappa shape index (κ1) is 15.4. The molecule has 2 rings (SSSR count). The number of nitrogens with two attached hydrogens (primary N) is 1. The fraction of sp³-hybridized carbons (Fsp3) is 0.400. The molecule has 1 aromatic carbocycles. The van der Waals surface area contributed by atoms with E-state index in [0.717, 1.165) is 16.3 Å². The van der Waals surface area contributed by atoms with Crippen LogP contribution in [0, 0.1) is 0 Å². The number of aromatic nitrogens is 1. The average Bonchev–Trinajstić information content (AvgIpc) is 2.87. The van der Waals surface area contributed by atoms with Gasteiger partial charge in [-0.05, 0) is 12.1 Å². The summed E-state index contributed by atoms with van der Waals surface area (Å²) in [5.41, 5.74) is 7.71. The van der Waals surface area contributed by atoms with E-state index in [1.807, 2.05) is 12.1 Å². The molecule has 0 spiro atoms. The van der Waals surface area contributed by atoms with Crippen molar-refractivity contribution >= 4 is 16.3 Å². The van der Waals surface area contributed by atoms with Crippen molar-refractivity contribution in [3.05, 3.63) is 17.1 Å². The van der Waals surface area contributed by atoms with Gasteiger partial charge in [0.1, 0.15) is 10.7 Å². The zero-order chi connectivity index (χ0) is 15.6. The number of ether oxygens (including phenoxy) is 3. The molecular weight excluding hydrogens is 288 g/mol. The quantitative estimate of drug-likeness (QED) is 0.915. The zero-order valence-electron chi connectivity index (χ0n) is 12.9. The van der Waals surface area contributed by atoms with Crippen LogP contribution < -0.4 is 19.9 Å². The van der Waals surface area contributed by atoms with Gasteiger partial charge >= 0.3 is 0 Å². The first-order valence-corrected chi connectivity index (χ1v) is 7.40. The van der Waals surface area contributed by atoms with Gasteiger partial charge in [-0.15, -0.1) is 11.3 Å². The van der Waals surface area contributed by atoms with Gasteiger partial charge in [0.2, 0.25) is 5.75 Å². The average molecular weight is 308 g/mol. The second-order valence-electron chi connectivity index (χ2n) is 4.83. The van der Waals surface area contributed by atoms with E-state index >= 15 is 0 Å². The summed E-state index contributed by atoms with van der Waals surface area (Å²) >= 11 is 1.51. The maximum absolute atomic E-state index is 6.11. The highest BCUT2D eigenvalue weighted by Crippen LogP contribution is 2.43. The molecule has 1 heterocycles. The van der Waals surface area contributed by atoms with Crippen molar-refractivity contribution in [3.63, 3.8) is 0 Å². The Morgan fingerprint density at radius 3 is 2.00 bits per heavy atom. The summed E-state index contributed by atoms with van der Waals surface area (Å²) in [7, 11) is 4.75. The normalized spacial score (nSPS) is 10.8. The second-order valence-corrected chi connectivity index (χ2v) is 5.90. The second kappa shape index (κ2) is 6.22. The molecule has 0 bridgehead atoms. The van der Waals surface area contributed by atoms with Gasteiger partial charge in [0.25, 0.3) is 0 Å². The van der Waals surface area contributed by atoms with Crippen LogP contribution in [0.25, 0.3) is 11.3 Å². The van der Waals surface area contributed by atoms with Crippen LogP contribution in [0.4, 0.5) is 5.00 Å². The topological polar surface area (TPSA) is 66.6 Å². The Hall–Kier alpha value is -1.95.